The second-order valence-corrected chi connectivity index (χ2v) is 2.95. The van der Waals surface area contributed by atoms with Gasteiger partial charge in [-0.3, -0.25) is 10.1 Å². The number of rotatable bonds is 1. The molecule has 1 aromatic heterocycles. The van der Waals surface area contributed by atoms with Crippen molar-refractivity contribution in [1.82, 2.24) is 0 Å². The lowest BCUT2D eigenvalue weighted by Gasteiger charge is -2.01. The van der Waals surface area contributed by atoms with E-state index in [1.165, 1.54) is 6.07 Å². The Labute approximate surface area is 83.1 Å². The highest BCUT2D eigenvalue weighted by molar-refractivity contribution is 5.85. The first-order valence-electron chi connectivity index (χ1n) is 4.05. The van der Waals surface area contributed by atoms with Gasteiger partial charge in [-0.15, -0.1) is 0 Å². The Kier molecular flexibility index (Phi) is 1.96. The Morgan fingerprint density at radius 1 is 1.33 bits per heavy atom. The third kappa shape index (κ3) is 1.45. The molecule has 0 amide bonds. The van der Waals surface area contributed by atoms with Gasteiger partial charge in [0.25, 0.3) is 5.69 Å². The van der Waals surface area contributed by atoms with Crippen molar-refractivity contribution >= 4 is 16.6 Å². The average molecular weight is 208 g/mol. The van der Waals surface area contributed by atoms with Gasteiger partial charge < -0.3 is 5.21 Å². The topological polar surface area (TPSA) is 70.1 Å². The number of halogens is 1. The zero-order chi connectivity index (χ0) is 11.0. The summed E-state index contributed by atoms with van der Waals surface area (Å²) in [5, 5.41) is 21.8. The van der Waals surface area contributed by atoms with Crippen LogP contribution in [0, 0.1) is 21.1 Å². The predicted octanol–water partition coefficient (Wildman–Crippen LogP) is 1.52. The van der Waals surface area contributed by atoms with E-state index in [-0.39, 0.29) is 16.6 Å². The van der Waals surface area contributed by atoms with E-state index in [4.69, 9.17) is 0 Å². The molecule has 5 nitrogen and oxygen atoms in total. The van der Waals surface area contributed by atoms with E-state index in [0.29, 0.717) is 4.73 Å². The van der Waals surface area contributed by atoms with Gasteiger partial charge in [-0.05, 0) is 12.1 Å². The molecule has 0 bridgehead atoms. The predicted molar refractivity (Wildman–Crippen MR) is 49.5 cm³/mol. The summed E-state index contributed by atoms with van der Waals surface area (Å²) in [7, 11) is 0. The molecule has 2 aromatic rings. The molecule has 0 N–H and O–H groups in total. The Balaban J connectivity index is 2.90. The van der Waals surface area contributed by atoms with Crippen molar-refractivity contribution in [2.45, 2.75) is 0 Å². The van der Waals surface area contributed by atoms with Crippen LogP contribution in [0.5, 0.6) is 0 Å². The zero-order valence-corrected chi connectivity index (χ0v) is 7.38. The van der Waals surface area contributed by atoms with E-state index in [1.807, 2.05) is 0 Å². The minimum absolute atomic E-state index is 0.00231. The number of nitrogens with zero attached hydrogens (tertiary/aromatic N) is 2. The summed E-state index contributed by atoms with van der Waals surface area (Å²) in [4.78, 5) is 9.96. The molecule has 0 aliphatic rings. The molecule has 2 rings (SSSR count). The van der Waals surface area contributed by atoms with Crippen LogP contribution in [-0.2, 0) is 0 Å². The van der Waals surface area contributed by atoms with Crippen LogP contribution in [-0.4, -0.2) is 4.92 Å². The summed E-state index contributed by atoms with van der Waals surface area (Å²) in [6.45, 7) is 0. The smallest absolute Gasteiger partial charge is 0.289 e. The standard InChI is InChI=1S/C9H5FN2O3/c10-6-1-2-8-7(5-6)9(12(14)15)3-4-11(8)13/h1-5H. The molecular formula is C9H5FN2O3. The molecule has 76 valence electrons. The number of pyridine rings is 1. The van der Waals surface area contributed by atoms with E-state index < -0.39 is 10.7 Å². The quantitative estimate of drug-likeness (QED) is 0.308. The third-order valence-corrected chi connectivity index (χ3v) is 2.04. The Morgan fingerprint density at radius 2 is 2.07 bits per heavy atom. The van der Waals surface area contributed by atoms with Gasteiger partial charge in [0, 0.05) is 6.07 Å². The monoisotopic (exact) mass is 208 g/mol. The van der Waals surface area contributed by atoms with Crippen LogP contribution >= 0.6 is 0 Å². The van der Waals surface area contributed by atoms with Crippen LogP contribution < -0.4 is 4.73 Å². The molecule has 15 heavy (non-hydrogen) atoms. The Morgan fingerprint density at radius 3 is 2.73 bits per heavy atom. The van der Waals surface area contributed by atoms with Crippen molar-refractivity contribution in [3.05, 3.63) is 51.6 Å². The number of aromatic nitrogens is 1. The third-order valence-electron chi connectivity index (χ3n) is 2.04. The lowest BCUT2D eigenvalue weighted by Crippen LogP contribution is -2.26. The molecule has 6 heteroatoms. The maximum absolute atomic E-state index is 12.9. The molecule has 0 aliphatic heterocycles. The lowest BCUT2D eigenvalue weighted by molar-refractivity contribution is -0.577. The summed E-state index contributed by atoms with van der Waals surface area (Å²) in [5.74, 6) is -0.614. The molecule has 0 radical (unpaired) electrons. The average Bonchev–Trinajstić information content (AvgIpc) is 2.17. The molecule has 0 unspecified atom stereocenters. The number of hydrogen-bond acceptors (Lipinski definition) is 3. The summed E-state index contributed by atoms with van der Waals surface area (Å²) < 4.78 is 13.3. The Bertz CT molecular complexity index is 556. The van der Waals surface area contributed by atoms with Crippen LogP contribution in [0.3, 0.4) is 0 Å². The fourth-order valence-electron chi connectivity index (χ4n) is 1.37. The van der Waals surface area contributed by atoms with Crippen molar-refractivity contribution in [2.75, 3.05) is 0 Å². The van der Waals surface area contributed by atoms with Crippen LogP contribution in [0.4, 0.5) is 10.1 Å². The van der Waals surface area contributed by atoms with Crippen molar-refractivity contribution in [1.29, 1.82) is 0 Å². The maximum Gasteiger partial charge on any atom is 0.289 e. The molecule has 0 spiro atoms. The van der Waals surface area contributed by atoms with Crippen molar-refractivity contribution in [3.8, 4) is 0 Å². The van der Waals surface area contributed by atoms with Gasteiger partial charge in [-0.25, -0.2) is 4.39 Å². The number of benzene rings is 1. The zero-order valence-electron chi connectivity index (χ0n) is 7.38. The minimum atomic E-state index is -0.651. The Hall–Kier alpha value is -2.24. The number of fused-ring (bicyclic) bond motifs is 1. The van der Waals surface area contributed by atoms with Gasteiger partial charge in [0.15, 0.2) is 6.20 Å². The van der Waals surface area contributed by atoms with E-state index in [2.05, 4.69) is 0 Å². The molecule has 0 atom stereocenters. The lowest BCUT2D eigenvalue weighted by atomic mass is 10.2. The molecule has 0 fully saturated rings. The number of nitro groups is 1. The molecule has 1 aromatic carbocycles. The molecular weight excluding hydrogens is 203 g/mol. The summed E-state index contributed by atoms with van der Waals surface area (Å²) in [6.07, 6.45) is 1.03. The fraction of sp³-hybridized carbons (Fsp3) is 0. The van der Waals surface area contributed by atoms with E-state index >= 15 is 0 Å². The fourth-order valence-corrected chi connectivity index (χ4v) is 1.37. The molecule has 0 aliphatic carbocycles. The molecule has 0 saturated carbocycles. The van der Waals surface area contributed by atoms with E-state index in [0.717, 1.165) is 24.4 Å². The van der Waals surface area contributed by atoms with E-state index in [1.54, 1.807) is 0 Å². The highest BCUT2D eigenvalue weighted by Gasteiger charge is 2.17. The van der Waals surface area contributed by atoms with Crippen molar-refractivity contribution < 1.29 is 14.0 Å². The largest absolute Gasteiger partial charge is 0.618 e. The highest BCUT2D eigenvalue weighted by Crippen LogP contribution is 2.22. The second-order valence-electron chi connectivity index (χ2n) is 2.95. The van der Waals surface area contributed by atoms with Crippen LogP contribution in [0.25, 0.3) is 10.9 Å². The van der Waals surface area contributed by atoms with Gasteiger partial charge in [0.2, 0.25) is 5.52 Å². The summed E-state index contributed by atoms with van der Waals surface area (Å²) in [5.41, 5.74) is -0.206. The second kappa shape index (κ2) is 3.16. The van der Waals surface area contributed by atoms with Gasteiger partial charge in [-0.2, -0.15) is 4.73 Å². The highest BCUT2D eigenvalue weighted by atomic mass is 19.1. The van der Waals surface area contributed by atoms with Crippen molar-refractivity contribution in [3.63, 3.8) is 0 Å². The first-order chi connectivity index (χ1) is 7.09. The van der Waals surface area contributed by atoms with Gasteiger partial charge in [0.1, 0.15) is 11.2 Å². The molecule has 0 saturated heterocycles. The van der Waals surface area contributed by atoms with Gasteiger partial charge in [-0.1, -0.05) is 0 Å². The van der Waals surface area contributed by atoms with Crippen LogP contribution in [0.15, 0.2) is 30.5 Å². The first kappa shape index (κ1) is 9.32. The first-order valence-corrected chi connectivity index (χ1v) is 4.05. The number of hydrogen-bond donors (Lipinski definition) is 0. The summed E-state index contributed by atoms with van der Waals surface area (Å²) in [6, 6.07) is 4.32. The molecule has 1 heterocycles. The van der Waals surface area contributed by atoms with Crippen LogP contribution in [0.1, 0.15) is 0 Å². The summed E-state index contributed by atoms with van der Waals surface area (Å²) >= 11 is 0. The van der Waals surface area contributed by atoms with Crippen LogP contribution in [0.2, 0.25) is 0 Å². The normalized spacial score (nSPS) is 10.5. The SMILES string of the molecule is O=[N+]([O-])c1cc[n+]([O-])c2ccc(F)cc12. The van der Waals surface area contributed by atoms with Crippen molar-refractivity contribution in [2.24, 2.45) is 0 Å². The van der Waals surface area contributed by atoms with E-state index in [9.17, 15) is 19.7 Å². The maximum atomic E-state index is 12.9. The van der Waals surface area contributed by atoms with Gasteiger partial charge >= 0.3 is 0 Å². The van der Waals surface area contributed by atoms with Gasteiger partial charge in [0.05, 0.1) is 11.0 Å². The minimum Gasteiger partial charge on any atom is -0.618 e.